The molecule has 0 unspecified atom stereocenters. The highest BCUT2D eigenvalue weighted by Crippen LogP contribution is 2.33. The van der Waals surface area contributed by atoms with Crippen molar-refractivity contribution in [3.63, 3.8) is 0 Å². The quantitative estimate of drug-likeness (QED) is 0.235. The number of benzene rings is 4. The van der Waals surface area contributed by atoms with E-state index in [1.807, 2.05) is 60.7 Å². The molecule has 43 heavy (non-hydrogen) atoms. The molecule has 6 aromatic rings. The molecule has 2 heterocycles. The minimum atomic E-state index is -4.05. The summed E-state index contributed by atoms with van der Waals surface area (Å²) in [6.07, 6.45) is 0. The molecular formula is C33H28N4O5S. The predicted octanol–water partition coefficient (Wildman–Crippen LogP) is 5.21. The van der Waals surface area contributed by atoms with E-state index >= 15 is 0 Å². The standard InChI is InChI=1S/C33H28N4O5S/c1-22-29(32(38)36(34-22)25-12-6-3-7-13-25)31(30-23(2)35-37(33(30)39)26-14-8-4-9-15-26)24-18-20-27(21-19-24)42-43(40,41)28-16-10-5-11-17-28/h3-21,31,34-35H,1-2H3. The molecule has 0 spiro atoms. The number of hydrogen-bond acceptors (Lipinski definition) is 5. The van der Waals surface area contributed by atoms with Gasteiger partial charge in [0.25, 0.3) is 11.1 Å². The molecule has 0 radical (unpaired) electrons. The summed E-state index contributed by atoms with van der Waals surface area (Å²) in [7, 11) is -4.05. The highest BCUT2D eigenvalue weighted by molar-refractivity contribution is 7.87. The lowest BCUT2D eigenvalue weighted by molar-refractivity contribution is 0.486. The molecule has 0 aliphatic carbocycles. The van der Waals surface area contributed by atoms with Crippen LogP contribution in [0.4, 0.5) is 0 Å². The molecule has 0 saturated heterocycles. The molecule has 0 aliphatic heterocycles. The predicted molar refractivity (Wildman–Crippen MR) is 164 cm³/mol. The van der Waals surface area contributed by atoms with Gasteiger partial charge < -0.3 is 4.18 Å². The molecule has 2 N–H and O–H groups in total. The highest BCUT2D eigenvalue weighted by Gasteiger charge is 2.31. The van der Waals surface area contributed by atoms with Gasteiger partial charge in [-0.25, -0.2) is 9.36 Å². The molecule has 0 saturated carbocycles. The maximum absolute atomic E-state index is 14.0. The summed E-state index contributed by atoms with van der Waals surface area (Å²) >= 11 is 0. The first-order valence-electron chi connectivity index (χ1n) is 13.6. The van der Waals surface area contributed by atoms with Crippen molar-refractivity contribution in [3.8, 4) is 17.1 Å². The highest BCUT2D eigenvalue weighted by atomic mass is 32.2. The molecule has 6 rings (SSSR count). The minimum absolute atomic E-state index is 0.0331. The van der Waals surface area contributed by atoms with Gasteiger partial charge in [0.1, 0.15) is 10.6 Å². The Morgan fingerprint density at radius 1 is 0.605 bits per heavy atom. The van der Waals surface area contributed by atoms with Crippen LogP contribution in [0.15, 0.2) is 130 Å². The summed E-state index contributed by atoms with van der Waals surface area (Å²) in [4.78, 5) is 28.0. The first kappa shape index (κ1) is 27.8. The van der Waals surface area contributed by atoms with E-state index in [4.69, 9.17) is 4.18 Å². The Morgan fingerprint density at radius 2 is 1.02 bits per heavy atom. The van der Waals surface area contributed by atoms with Crippen LogP contribution in [0.5, 0.6) is 5.75 Å². The second-order valence-corrected chi connectivity index (χ2v) is 11.7. The van der Waals surface area contributed by atoms with E-state index in [1.54, 1.807) is 44.2 Å². The van der Waals surface area contributed by atoms with Crippen LogP contribution in [-0.4, -0.2) is 28.0 Å². The summed E-state index contributed by atoms with van der Waals surface area (Å²) < 4.78 is 33.9. The number of nitrogens with one attached hydrogen (secondary N) is 2. The summed E-state index contributed by atoms with van der Waals surface area (Å²) in [5.41, 5.74) is 3.31. The van der Waals surface area contributed by atoms with Crippen LogP contribution in [-0.2, 0) is 10.1 Å². The molecule has 2 aromatic heterocycles. The van der Waals surface area contributed by atoms with E-state index in [0.717, 1.165) is 0 Å². The summed E-state index contributed by atoms with van der Waals surface area (Å²) in [6.45, 7) is 3.59. The van der Waals surface area contributed by atoms with Crippen molar-refractivity contribution in [2.24, 2.45) is 0 Å². The average Bonchev–Trinajstić information content (AvgIpc) is 3.49. The van der Waals surface area contributed by atoms with Crippen molar-refractivity contribution in [3.05, 3.63) is 164 Å². The first-order valence-corrected chi connectivity index (χ1v) is 15.0. The molecule has 0 fully saturated rings. The number of aromatic amines is 2. The van der Waals surface area contributed by atoms with Crippen molar-refractivity contribution < 1.29 is 12.6 Å². The van der Waals surface area contributed by atoms with Gasteiger partial charge in [-0.15, -0.1) is 0 Å². The lowest BCUT2D eigenvalue weighted by atomic mass is 9.85. The third-order valence-electron chi connectivity index (χ3n) is 7.29. The number of aromatic nitrogens is 4. The molecular weight excluding hydrogens is 564 g/mol. The van der Waals surface area contributed by atoms with Crippen LogP contribution in [0.25, 0.3) is 11.4 Å². The number of aryl methyl sites for hydroxylation is 2. The molecule has 216 valence electrons. The Labute approximate surface area is 247 Å². The second-order valence-electron chi connectivity index (χ2n) is 10.1. The van der Waals surface area contributed by atoms with E-state index in [0.29, 0.717) is 39.5 Å². The fraction of sp³-hybridized carbons (Fsp3) is 0.0909. The van der Waals surface area contributed by atoms with E-state index in [2.05, 4.69) is 10.2 Å². The molecule has 10 heteroatoms. The number of rotatable bonds is 8. The van der Waals surface area contributed by atoms with Gasteiger partial charge in [-0.3, -0.25) is 19.8 Å². The monoisotopic (exact) mass is 592 g/mol. The van der Waals surface area contributed by atoms with Crippen LogP contribution in [0, 0.1) is 13.8 Å². The zero-order valence-electron chi connectivity index (χ0n) is 23.4. The second kappa shape index (κ2) is 11.1. The van der Waals surface area contributed by atoms with Gasteiger partial charge >= 0.3 is 10.1 Å². The molecule has 0 amide bonds. The number of nitrogens with zero attached hydrogens (tertiary/aromatic N) is 2. The fourth-order valence-corrected chi connectivity index (χ4v) is 6.22. The Morgan fingerprint density at radius 3 is 1.47 bits per heavy atom. The lowest BCUT2D eigenvalue weighted by Crippen LogP contribution is -2.25. The molecule has 0 bridgehead atoms. The van der Waals surface area contributed by atoms with Gasteiger partial charge in [-0.1, -0.05) is 66.7 Å². The van der Waals surface area contributed by atoms with Crippen molar-refractivity contribution >= 4 is 10.1 Å². The molecule has 9 nitrogen and oxygen atoms in total. The summed E-state index contributed by atoms with van der Waals surface area (Å²) in [5.74, 6) is -0.673. The van der Waals surface area contributed by atoms with Gasteiger partial charge in [-0.05, 0) is 67.9 Å². The first-order chi connectivity index (χ1) is 20.7. The molecule has 0 aliphatic rings. The Balaban J connectivity index is 1.49. The van der Waals surface area contributed by atoms with Crippen LogP contribution in [0.2, 0.25) is 0 Å². The molecule has 0 atom stereocenters. The van der Waals surface area contributed by atoms with Gasteiger partial charge in [0.05, 0.1) is 22.5 Å². The van der Waals surface area contributed by atoms with E-state index in [1.165, 1.54) is 33.6 Å². The summed E-state index contributed by atoms with van der Waals surface area (Å²) in [5, 5.41) is 6.34. The summed E-state index contributed by atoms with van der Waals surface area (Å²) in [6, 6.07) is 32.6. The topological polar surface area (TPSA) is 119 Å². The number of H-pyrrole nitrogens is 2. The fourth-order valence-electron chi connectivity index (χ4n) is 5.27. The third-order valence-corrected chi connectivity index (χ3v) is 8.55. The maximum Gasteiger partial charge on any atom is 0.339 e. The normalized spacial score (nSPS) is 11.6. The number of para-hydroxylation sites is 2. The number of hydrogen-bond donors (Lipinski definition) is 2. The zero-order chi connectivity index (χ0) is 30.1. The van der Waals surface area contributed by atoms with E-state index < -0.39 is 16.0 Å². The van der Waals surface area contributed by atoms with Crippen LogP contribution < -0.4 is 15.3 Å². The maximum atomic E-state index is 14.0. The van der Waals surface area contributed by atoms with Crippen LogP contribution >= 0.6 is 0 Å². The van der Waals surface area contributed by atoms with Crippen LogP contribution in [0.3, 0.4) is 0 Å². The Kier molecular flexibility index (Phi) is 7.21. The van der Waals surface area contributed by atoms with Crippen molar-refractivity contribution in [2.75, 3.05) is 0 Å². The van der Waals surface area contributed by atoms with E-state index in [-0.39, 0.29) is 21.8 Å². The van der Waals surface area contributed by atoms with Crippen LogP contribution in [0.1, 0.15) is 34.0 Å². The minimum Gasteiger partial charge on any atom is -0.379 e. The average molecular weight is 593 g/mol. The van der Waals surface area contributed by atoms with Crippen molar-refractivity contribution in [1.29, 1.82) is 0 Å². The molecule has 4 aromatic carbocycles. The van der Waals surface area contributed by atoms with E-state index in [9.17, 15) is 18.0 Å². The van der Waals surface area contributed by atoms with Gasteiger partial charge in [0.15, 0.2) is 0 Å². The Hall–Kier alpha value is -5.35. The van der Waals surface area contributed by atoms with Gasteiger partial charge in [0, 0.05) is 17.3 Å². The SMILES string of the molecule is Cc1[nH]n(-c2ccccc2)c(=O)c1C(c1ccc(OS(=O)(=O)c2ccccc2)cc1)c1c(C)[nH]n(-c2ccccc2)c1=O. The zero-order valence-corrected chi connectivity index (χ0v) is 24.2. The van der Waals surface area contributed by atoms with Crippen molar-refractivity contribution in [2.45, 2.75) is 24.7 Å². The largest absolute Gasteiger partial charge is 0.379 e. The van der Waals surface area contributed by atoms with Crippen molar-refractivity contribution in [1.82, 2.24) is 19.6 Å². The smallest absolute Gasteiger partial charge is 0.339 e. The Bertz CT molecular complexity index is 2010. The van der Waals surface area contributed by atoms with Gasteiger partial charge in [-0.2, -0.15) is 8.42 Å². The lowest BCUT2D eigenvalue weighted by Gasteiger charge is -2.16. The van der Waals surface area contributed by atoms with Gasteiger partial charge in [0.2, 0.25) is 0 Å². The third kappa shape index (κ3) is 5.24.